The van der Waals surface area contributed by atoms with Gasteiger partial charge < -0.3 is 15.2 Å². The number of ether oxygens (including phenoxy) is 2. The van der Waals surface area contributed by atoms with Gasteiger partial charge in [-0.15, -0.1) is 0 Å². The van der Waals surface area contributed by atoms with Gasteiger partial charge in [-0.3, -0.25) is 10.3 Å². The summed E-state index contributed by atoms with van der Waals surface area (Å²) in [6, 6.07) is 11.6. The summed E-state index contributed by atoms with van der Waals surface area (Å²) in [5.74, 6) is 1.62. The van der Waals surface area contributed by atoms with Crippen LogP contribution in [0.1, 0.15) is 11.1 Å². The Labute approximate surface area is 153 Å². The molecular weight excluding hydrogens is 330 g/mol. The molecule has 7 heteroatoms. The van der Waals surface area contributed by atoms with E-state index < -0.39 is 0 Å². The Bertz CT molecular complexity index is 744. The highest BCUT2D eigenvalue weighted by Crippen LogP contribution is 2.19. The highest BCUT2D eigenvalue weighted by molar-refractivity contribution is 5.80. The number of nitrogens with zero attached hydrogens (tertiary/aromatic N) is 3. The molecule has 0 atom stereocenters. The Morgan fingerprint density at radius 3 is 2.96 bits per heavy atom. The summed E-state index contributed by atoms with van der Waals surface area (Å²) < 4.78 is 11.2. The summed E-state index contributed by atoms with van der Waals surface area (Å²) in [5.41, 5.74) is 11.0. The lowest BCUT2D eigenvalue weighted by Crippen LogP contribution is -2.38. The molecule has 1 fully saturated rings. The molecular formula is C19H25N5O2. The maximum Gasteiger partial charge on any atom is 0.152 e. The molecule has 7 nitrogen and oxygen atoms in total. The lowest BCUT2D eigenvalue weighted by molar-refractivity contribution is 0.0322. The third-order valence-electron chi connectivity index (χ3n) is 4.03. The second-order valence-electron chi connectivity index (χ2n) is 6.20. The largest absolute Gasteiger partial charge is 0.492 e. The molecule has 1 aromatic heterocycles. The zero-order chi connectivity index (χ0) is 18.2. The average molecular weight is 355 g/mol. The van der Waals surface area contributed by atoms with Gasteiger partial charge in [-0.05, 0) is 12.5 Å². The highest BCUT2D eigenvalue weighted by Gasteiger charge is 2.10. The molecule has 1 aliphatic rings. The second kappa shape index (κ2) is 9.17. The van der Waals surface area contributed by atoms with Crippen LogP contribution in [0.4, 0.5) is 11.6 Å². The van der Waals surface area contributed by atoms with Crippen LogP contribution in [0.25, 0.3) is 0 Å². The first-order valence-corrected chi connectivity index (χ1v) is 8.75. The third-order valence-corrected chi connectivity index (χ3v) is 4.03. The standard InChI is InChI=1S/C19H25N5O2/c1-15-3-2-4-16(11-15)14-21-23-19-13-17(12-18(20)22-19)26-10-7-24-5-8-25-9-6-24/h2-4,11-14H,5-10H2,1H3,(H3,20,22,23). The van der Waals surface area contributed by atoms with Gasteiger partial charge in [-0.25, -0.2) is 4.98 Å². The number of hydrogen-bond acceptors (Lipinski definition) is 7. The van der Waals surface area contributed by atoms with Gasteiger partial charge in [-0.1, -0.05) is 29.8 Å². The van der Waals surface area contributed by atoms with Gasteiger partial charge in [-0.2, -0.15) is 5.10 Å². The fourth-order valence-corrected chi connectivity index (χ4v) is 2.71. The Morgan fingerprint density at radius 1 is 1.31 bits per heavy atom. The van der Waals surface area contributed by atoms with E-state index in [1.807, 2.05) is 25.1 Å². The van der Waals surface area contributed by atoms with E-state index in [9.17, 15) is 0 Å². The van der Waals surface area contributed by atoms with Gasteiger partial charge in [0, 0.05) is 31.8 Å². The number of aromatic nitrogens is 1. The Kier molecular flexibility index (Phi) is 6.40. The van der Waals surface area contributed by atoms with E-state index >= 15 is 0 Å². The number of rotatable bonds is 7. The van der Waals surface area contributed by atoms with E-state index in [0.717, 1.165) is 38.4 Å². The molecule has 0 unspecified atom stereocenters. The number of hydrazone groups is 1. The van der Waals surface area contributed by atoms with Crippen molar-refractivity contribution in [3.05, 3.63) is 47.5 Å². The highest BCUT2D eigenvalue weighted by atomic mass is 16.5. The number of anilines is 2. The number of nitrogens with one attached hydrogen (secondary N) is 1. The minimum atomic E-state index is 0.391. The second-order valence-corrected chi connectivity index (χ2v) is 6.20. The lowest BCUT2D eigenvalue weighted by atomic mass is 10.2. The number of morpholine rings is 1. The fourth-order valence-electron chi connectivity index (χ4n) is 2.71. The van der Waals surface area contributed by atoms with Gasteiger partial charge in [0.2, 0.25) is 0 Å². The quantitative estimate of drug-likeness (QED) is 0.585. The van der Waals surface area contributed by atoms with Crippen LogP contribution < -0.4 is 15.9 Å². The smallest absolute Gasteiger partial charge is 0.152 e. The monoisotopic (exact) mass is 355 g/mol. The third kappa shape index (κ3) is 5.72. The molecule has 1 aromatic carbocycles. The predicted molar refractivity (Wildman–Crippen MR) is 104 cm³/mol. The fraction of sp³-hybridized carbons (Fsp3) is 0.368. The van der Waals surface area contributed by atoms with Crippen LogP contribution in [-0.2, 0) is 4.74 Å². The van der Waals surface area contributed by atoms with E-state index in [0.29, 0.717) is 24.0 Å². The summed E-state index contributed by atoms with van der Waals surface area (Å²) in [6.45, 7) is 6.97. The molecule has 138 valence electrons. The van der Waals surface area contributed by atoms with Crippen molar-refractivity contribution >= 4 is 17.9 Å². The maximum absolute atomic E-state index is 5.87. The van der Waals surface area contributed by atoms with Crippen LogP contribution in [0, 0.1) is 6.92 Å². The van der Waals surface area contributed by atoms with Gasteiger partial charge in [0.05, 0.1) is 19.4 Å². The van der Waals surface area contributed by atoms with Gasteiger partial charge >= 0.3 is 0 Å². The van der Waals surface area contributed by atoms with Crippen molar-refractivity contribution in [2.75, 3.05) is 50.6 Å². The van der Waals surface area contributed by atoms with Crippen molar-refractivity contribution in [1.82, 2.24) is 9.88 Å². The molecule has 26 heavy (non-hydrogen) atoms. The molecule has 2 aromatic rings. The van der Waals surface area contributed by atoms with E-state index in [1.54, 1.807) is 18.3 Å². The van der Waals surface area contributed by atoms with Crippen LogP contribution in [0.5, 0.6) is 5.75 Å². The Morgan fingerprint density at radius 2 is 2.15 bits per heavy atom. The molecule has 0 amide bonds. The first-order valence-electron chi connectivity index (χ1n) is 8.75. The summed E-state index contributed by atoms with van der Waals surface area (Å²) in [7, 11) is 0. The lowest BCUT2D eigenvalue weighted by Gasteiger charge is -2.26. The SMILES string of the molecule is Cc1cccc(C=NNc2cc(OCCN3CCOCC3)cc(N)n2)c1. The van der Waals surface area contributed by atoms with Crippen molar-refractivity contribution in [1.29, 1.82) is 0 Å². The van der Waals surface area contributed by atoms with Crippen molar-refractivity contribution in [3.63, 3.8) is 0 Å². The number of aryl methyl sites for hydroxylation is 1. The molecule has 3 rings (SSSR count). The summed E-state index contributed by atoms with van der Waals surface area (Å²) in [5, 5.41) is 4.22. The van der Waals surface area contributed by atoms with Crippen LogP contribution in [-0.4, -0.2) is 55.6 Å². The van der Waals surface area contributed by atoms with E-state index in [2.05, 4.69) is 26.5 Å². The predicted octanol–water partition coefficient (Wildman–Crippen LogP) is 2.13. The maximum atomic E-state index is 5.87. The van der Waals surface area contributed by atoms with Crippen molar-refractivity contribution in [2.24, 2.45) is 5.10 Å². The van der Waals surface area contributed by atoms with Crippen molar-refractivity contribution < 1.29 is 9.47 Å². The van der Waals surface area contributed by atoms with Crippen LogP contribution in [0.3, 0.4) is 0 Å². The summed E-state index contributed by atoms with van der Waals surface area (Å²) in [4.78, 5) is 6.55. The summed E-state index contributed by atoms with van der Waals surface area (Å²) >= 11 is 0. The molecule has 1 saturated heterocycles. The molecule has 3 N–H and O–H groups in total. The first-order chi connectivity index (χ1) is 12.7. The van der Waals surface area contributed by atoms with Crippen molar-refractivity contribution in [3.8, 4) is 5.75 Å². The number of nitrogens with two attached hydrogens (primary N) is 1. The van der Waals surface area contributed by atoms with Gasteiger partial charge in [0.25, 0.3) is 0 Å². The average Bonchev–Trinajstić information content (AvgIpc) is 2.62. The molecule has 0 aliphatic carbocycles. The number of pyridine rings is 1. The molecule has 0 radical (unpaired) electrons. The number of nitrogen functional groups attached to an aromatic ring is 1. The number of benzene rings is 1. The van der Waals surface area contributed by atoms with E-state index in [1.165, 1.54) is 5.56 Å². The minimum absolute atomic E-state index is 0.391. The summed E-state index contributed by atoms with van der Waals surface area (Å²) in [6.07, 6.45) is 1.75. The first kappa shape index (κ1) is 18.2. The Balaban J connectivity index is 1.53. The van der Waals surface area contributed by atoms with Gasteiger partial charge in [0.1, 0.15) is 18.2 Å². The van der Waals surface area contributed by atoms with Gasteiger partial charge in [0.15, 0.2) is 5.82 Å². The molecule has 0 spiro atoms. The van der Waals surface area contributed by atoms with Crippen LogP contribution in [0.15, 0.2) is 41.5 Å². The number of hydrogen-bond donors (Lipinski definition) is 2. The van der Waals surface area contributed by atoms with Crippen LogP contribution >= 0.6 is 0 Å². The van der Waals surface area contributed by atoms with E-state index in [-0.39, 0.29) is 0 Å². The zero-order valence-electron chi connectivity index (χ0n) is 15.0. The van der Waals surface area contributed by atoms with Crippen molar-refractivity contribution in [2.45, 2.75) is 6.92 Å². The Hall–Kier alpha value is -2.64. The normalized spacial score (nSPS) is 15.3. The minimum Gasteiger partial charge on any atom is -0.492 e. The topological polar surface area (TPSA) is 85.0 Å². The molecule has 0 saturated carbocycles. The molecule has 1 aliphatic heterocycles. The molecule has 0 bridgehead atoms. The molecule has 2 heterocycles. The van der Waals surface area contributed by atoms with E-state index in [4.69, 9.17) is 15.2 Å². The van der Waals surface area contributed by atoms with Crippen LogP contribution in [0.2, 0.25) is 0 Å². The zero-order valence-corrected chi connectivity index (χ0v) is 15.0.